The topological polar surface area (TPSA) is 39.7 Å². The van der Waals surface area contributed by atoms with Gasteiger partial charge in [0.25, 0.3) is 0 Å². The van der Waals surface area contributed by atoms with Crippen molar-refractivity contribution in [2.45, 2.75) is 33.2 Å². The molecule has 0 fully saturated rings. The maximum atomic E-state index is 4.64. The second-order valence-electron chi connectivity index (χ2n) is 5.00. The summed E-state index contributed by atoms with van der Waals surface area (Å²) >= 11 is 1.86. The number of hydrogen-bond acceptors (Lipinski definition) is 3. The quantitative estimate of drug-likeness (QED) is 0.439. The standard InChI is InChI=1S/C15H28N4S/c1-5-13-8-9-14(20-13)12-18-15(16-6-2)17-10-7-11-19(3)4/h8-9H,5-7,10-12H2,1-4H3,(H2,16,17,18). The minimum atomic E-state index is 0.758. The van der Waals surface area contributed by atoms with Gasteiger partial charge >= 0.3 is 0 Å². The Balaban J connectivity index is 2.41. The van der Waals surface area contributed by atoms with E-state index in [0.29, 0.717) is 0 Å². The summed E-state index contributed by atoms with van der Waals surface area (Å²) in [5, 5.41) is 6.68. The van der Waals surface area contributed by atoms with E-state index in [-0.39, 0.29) is 0 Å². The smallest absolute Gasteiger partial charge is 0.191 e. The van der Waals surface area contributed by atoms with Crippen LogP contribution >= 0.6 is 11.3 Å². The summed E-state index contributed by atoms with van der Waals surface area (Å²) in [4.78, 5) is 9.59. The molecule has 1 aromatic rings. The molecule has 0 aliphatic heterocycles. The highest BCUT2D eigenvalue weighted by atomic mass is 32.1. The highest BCUT2D eigenvalue weighted by molar-refractivity contribution is 7.11. The zero-order chi connectivity index (χ0) is 14.8. The Hall–Kier alpha value is -1.07. The summed E-state index contributed by atoms with van der Waals surface area (Å²) in [7, 11) is 4.20. The van der Waals surface area contributed by atoms with E-state index in [1.807, 2.05) is 11.3 Å². The second-order valence-corrected chi connectivity index (χ2v) is 6.25. The van der Waals surface area contributed by atoms with Gasteiger partial charge in [-0.1, -0.05) is 6.92 Å². The lowest BCUT2D eigenvalue weighted by Gasteiger charge is -2.13. The molecule has 114 valence electrons. The minimum absolute atomic E-state index is 0.758. The van der Waals surface area contributed by atoms with E-state index in [2.05, 4.69) is 60.6 Å². The molecule has 0 unspecified atom stereocenters. The molecule has 4 nitrogen and oxygen atoms in total. The van der Waals surface area contributed by atoms with Crippen LogP contribution in [0.1, 0.15) is 30.0 Å². The second kappa shape index (κ2) is 9.77. The van der Waals surface area contributed by atoms with Crippen LogP contribution in [0.5, 0.6) is 0 Å². The van der Waals surface area contributed by atoms with Crippen molar-refractivity contribution < 1.29 is 0 Å². The van der Waals surface area contributed by atoms with Crippen LogP contribution in [0, 0.1) is 0 Å². The van der Waals surface area contributed by atoms with Crippen LogP contribution in [0.15, 0.2) is 17.1 Å². The van der Waals surface area contributed by atoms with Crippen molar-refractivity contribution in [1.82, 2.24) is 15.5 Å². The largest absolute Gasteiger partial charge is 0.357 e. The van der Waals surface area contributed by atoms with Gasteiger partial charge in [0.05, 0.1) is 6.54 Å². The lowest BCUT2D eigenvalue weighted by Crippen LogP contribution is -2.38. The van der Waals surface area contributed by atoms with Crippen LogP contribution in [0.3, 0.4) is 0 Å². The fourth-order valence-electron chi connectivity index (χ4n) is 1.80. The fourth-order valence-corrected chi connectivity index (χ4v) is 2.68. The Morgan fingerprint density at radius 1 is 1.20 bits per heavy atom. The molecule has 0 bridgehead atoms. The average Bonchev–Trinajstić information content (AvgIpc) is 2.88. The first-order valence-electron chi connectivity index (χ1n) is 7.40. The normalized spacial score (nSPS) is 11.9. The minimum Gasteiger partial charge on any atom is -0.357 e. The van der Waals surface area contributed by atoms with E-state index in [1.165, 1.54) is 9.75 Å². The molecular weight excluding hydrogens is 268 g/mol. The van der Waals surface area contributed by atoms with Crippen molar-refractivity contribution in [2.75, 3.05) is 33.7 Å². The first-order chi connectivity index (χ1) is 9.65. The Morgan fingerprint density at radius 2 is 1.95 bits per heavy atom. The van der Waals surface area contributed by atoms with Crippen molar-refractivity contribution in [3.05, 3.63) is 21.9 Å². The number of nitrogens with zero attached hydrogens (tertiary/aromatic N) is 2. The number of rotatable bonds is 8. The molecule has 0 saturated heterocycles. The van der Waals surface area contributed by atoms with E-state index in [9.17, 15) is 0 Å². The Bertz CT molecular complexity index is 398. The molecular formula is C15H28N4S. The molecule has 1 rings (SSSR count). The summed E-state index contributed by atoms with van der Waals surface area (Å²) in [6, 6.07) is 4.38. The predicted octanol–water partition coefficient (Wildman–Crippen LogP) is 2.32. The summed E-state index contributed by atoms with van der Waals surface area (Å²) < 4.78 is 0. The van der Waals surface area contributed by atoms with Gasteiger partial charge in [-0.15, -0.1) is 11.3 Å². The van der Waals surface area contributed by atoms with Gasteiger partial charge in [0.1, 0.15) is 0 Å². The van der Waals surface area contributed by atoms with Crippen LogP contribution in [-0.4, -0.2) is 44.6 Å². The molecule has 0 saturated carbocycles. The summed E-state index contributed by atoms with van der Waals surface area (Å²) in [6.45, 7) is 7.98. The third-order valence-corrected chi connectivity index (χ3v) is 4.09. The number of guanidine groups is 1. The zero-order valence-electron chi connectivity index (χ0n) is 13.2. The number of nitrogens with one attached hydrogen (secondary N) is 2. The van der Waals surface area contributed by atoms with Crippen LogP contribution in [-0.2, 0) is 13.0 Å². The van der Waals surface area contributed by atoms with Gasteiger partial charge < -0.3 is 15.5 Å². The van der Waals surface area contributed by atoms with Gasteiger partial charge in [0.15, 0.2) is 5.96 Å². The molecule has 0 spiro atoms. The first kappa shape index (κ1) is 17.0. The highest BCUT2D eigenvalue weighted by Crippen LogP contribution is 2.17. The maximum Gasteiger partial charge on any atom is 0.191 e. The number of hydrogen-bond donors (Lipinski definition) is 2. The predicted molar refractivity (Wildman–Crippen MR) is 89.7 cm³/mol. The van der Waals surface area contributed by atoms with Crippen molar-refractivity contribution in [1.29, 1.82) is 0 Å². The Kier molecular flexibility index (Phi) is 8.30. The monoisotopic (exact) mass is 296 g/mol. The summed E-state index contributed by atoms with van der Waals surface area (Å²) in [5.74, 6) is 0.915. The van der Waals surface area contributed by atoms with Gasteiger partial charge in [-0.2, -0.15) is 0 Å². The third kappa shape index (κ3) is 6.91. The van der Waals surface area contributed by atoms with Gasteiger partial charge in [-0.25, -0.2) is 4.99 Å². The Labute approximate surface area is 127 Å². The van der Waals surface area contributed by atoms with Gasteiger partial charge in [0, 0.05) is 22.8 Å². The van der Waals surface area contributed by atoms with Crippen LogP contribution < -0.4 is 10.6 Å². The molecule has 0 aliphatic rings. The molecule has 1 heterocycles. The average molecular weight is 296 g/mol. The van der Waals surface area contributed by atoms with Crippen molar-refractivity contribution >= 4 is 17.3 Å². The van der Waals surface area contributed by atoms with E-state index in [4.69, 9.17) is 0 Å². The third-order valence-electron chi connectivity index (χ3n) is 2.88. The summed E-state index contributed by atoms with van der Waals surface area (Å²) in [6.07, 6.45) is 2.23. The first-order valence-corrected chi connectivity index (χ1v) is 8.21. The van der Waals surface area contributed by atoms with Crippen molar-refractivity contribution in [2.24, 2.45) is 4.99 Å². The van der Waals surface area contributed by atoms with E-state index < -0.39 is 0 Å². The lowest BCUT2D eigenvalue weighted by atomic mass is 10.4. The molecule has 0 aliphatic carbocycles. The molecule has 0 atom stereocenters. The molecule has 0 radical (unpaired) electrons. The highest BCUT2D eigenvalue weighted by Gasteiger charge is 2.00. The van der Waals surface area contributed by atoms with Crippen molar-refractivity contribution in [3.8, 4) is 0 Å². The van der Waals surface area contributed by atoms with E-state index in [0.717, 1.165) is 45.0 Å². The zero-order valence-corrected chi connectivity index (χ0v) is 14.0. The lowest BCUT2D eigenvalue weighted by molar-refractivity contribution is 0.399. The molecule has 20 heavy (non-hydrogen) atoms. The van der Waals surface area contributed by atoms with Crippen LogP contribution in [0.25, 0.3) is 0 Å². The number of aliphatic imine (C=N–C) groups is 1. The fraction of sp³-hybridized carbons (Fsp3) is 0.667. The van der Waals surface area contributed by atoms with Gasteiger partial charge in [-0.3, -0.25) is 0 Å². The van der Waals surface area contributed by atoms with Gasteiger partial charge in [0.2, 0.25) is 0 Å². The number of aryl methyl sites for hydroxylation is 1. The van der Waals surface area contributed by atoms with E-state index in [1.54, 1.807) is 0 Å². The van der Waals surface area contributed by atoms with Crippen molar-refractivity contribution in [3.63, 3.8) is 0 Å². The van der Waals surface area contributed by atoms with E-state index >= 15 is 0 Å². The number of thiophene rings is 1. The molecule has 1 aromatic heterocycles. The molecule has 5 heteroatoms. The van der Waals surface area contributed by atoms with Crippen LogP contribution in [0.4, 0.5) is 0 Å². The molecule has 0 aromatic carbocycles. The summed E-state index contributed by atoms with van der Waals surface area (Å²) in [5.41, 5.74) is 0. The SMILES string of the molecule is CCNC(=NCc1ccc(CC)s1)NCCCN(C)C. The Morgan fingerprint density at radius 3 is 2.55 bits per heavy atom. The van der Waals surface area contributed by atoms with Gasteiger partial charge in [-0.05, 0) is 52.5 Å². The maximum absolute atomic E-state index is 4.64. The molecule has 2 N–H and O–H groups in total. The molecule has 0 amide bonds. The van der Waals surface area contributed by atoms with Crippen LogP contribution in [0.2, 0.25) is 0 Å².